The van der Waals surface area contributed by atoms with Gasteiger partial charge in [-0.3, -0.25) is 19.9 Å². The van der Waals surface area contributed by atoms with Crippen molar-refractivity contribution >= 4 is 33.5 Å². The normalized spacial score (nSPS) is 11.3. The Kier molecular flexibility index (Phi) is 6.09. The Morgan fingerprint density at radius 2 is 1.82 bits per heavy atom. The molecule has 3 N–H and O–H groups in total. The number of hydrogen-bond acceptors (Lipinski definition) is 5. The van der Waals surface area contributed by atoms with Crippen molar-refractivity contribution < 1.29 is 9.18 Å². The fourth-order valence-corrected chi connectivity index (χ4v) is 4.56. The first-order valence-electron chi connectivity index (χ1n) is 12.4. The lowest BCUT2D eigenvalue weighted by atomic mass is 10.0. The van der Waals surface area contributed by atoms with E-state index < -0.39 is 0 Å². The molecule has 0 aliphatic heterocycles. The van der Waals surface area contributed by atoms with Gasteiger partial charge in [0.25, 0.3) is 0 Å². The number of fused-ring (bicyclic) bond motifs is 2. The van der Waals surface area contributed by atoms with Gasteiger partial charge in [0.15, 0.2) is 5.65 Å². The summed E-state index contributed by atoms with van der Waals surface area (Å²) in [6.07, 6.45) is 10.9. The highest BCUT2D eigenvalue weighted by atomic mass is 19.1. The van der Waals surface area contributed by atoms with E-state index in [1.807, 2.05) is 24.3 Å². The number of amides is 1. The lowest BCUT2D eigenvalue weighted by Gasteiger charge is -2.07. The number of hydrogen-bond donors (Lipinski definition) is 3. The van der Waals surface area contributed by atoms with E-state index in [1.165, 1.54) is 12.1 Å². The van der Waals surface area contributed by atoms with Crippen LogP contribution in [0.5, 0.6) is 0 Å². The smallest absolute Gasteiger partial charge is 0.224 e. The molecule has 0 bridgehead atoms. The Labute approximate surface area is 217 Å². The molecule has 0 aliphatic rings. The van der Waals surface area contributed by atoms with E-state index in [0.717, 1.165) is 57.1 Å². The van der Waals surface area contributed by atoms with Crippen molar-refractivity contribution in [3.63, 3.8) is 0 Å². The Bertz CT molecular complexity index is 1790. The molecule has 1 aromatic carbocycles. The number of rotatable bonds is 7. The van der Waals surface area contributed by atoms with Gasteiger partial charge in [-0.15, -0.1) is 0 Å². The first-order chi connectivity index (χ1) is 18.6. The van der Waals surface area contributed by atoms with Crippen LogP contribution in [0.3, 0.4) is 0 Å². The second-order valence-electron chi connectivity index (χ2n) is 9.15. The Morgan fingerprint density at radius 1 is 0.947 bits per heavy atom. The standard InChI is InChI=1S/C29H24FN7O/c1-2-3-7-27(38)34-21-9-18(12-31-14-21)19-10-23-28(36-37-29(23)33-13-19)25-11-22-24(15-32-16-26(22)35-25)17-5-4-6-20(30)8-17/h4-6,8-16,35H,2-3,7H2,1H3,(H,34,38)(H,33,36,37). The molecule has 0 aliphatic carbocycles. The maximum atomic E-state index is 13.9. The third-order valence-corrected chi connectivity index (χ3v) is 6.47. The van der Waals surface area contributed by atoms with Crippen LogP contribution in [0.15, 0.2) is 73.4 Å². The number of carbonyl (C=O) groups excluding carboxylic acids is 1. The molecule has 0 atom stereocenters. The summed E-state index contributed by atoms with van der Waals surface area (Å²) in [6, 6.07) is 12.3. The van der Waals surface area contributed by atoms with Gasteiger partial charge in [-0.25, -0.2) is 9.37 Å². The van der Waals surface area contributed by atoms with E-state index in [4.69, 9.17) is 0 Å². The molecule has 6 rings (SSSR count). The first-order valence-corrected chi connectivity index (χ1v) is 12.4. The van der Waals surface area contributed by atoms with Gasteiger partial charge in [-0.2, -0.15) is 5.10 Å². The van der Waals surface area contributed by atoms with Gasteiger partial charge < -0.3 is 10.3 Å². The quantitative estimate of drug-likeness (QED) is 0.229. The van der Waals surface area contributed by atoms with Crippen LogP contribution >= 0.6 is 0 Å². The number of benzene rings is 1. The molecule has 0 radical (unpaired) electrons. The van der Waals surface area contributed by atoms with Crippen LogP contribution in [0.25, 0.3) is 55.6 Å². The number of nitrogens with zero attached hydrogens (tertiary/aromatic N) is 4. The molecule has 38 heavy (non-hydrogen) atoms. The molecule has 0 spiro atoms. The molecule has 6 aromatic rings. The summed E-state index contributed by atoms with van der Waals surface area (Å²) in [5.74, 6) is -0.325. The summed E-state index contributed by atoms with van der Waals surface area (Å²) in [5.41, 5.74) is 6.83. The largest absolute Gasteiger partial charge is 0.352 e. The van der Waals surface area contributed by atoms with Crippen molar-refractivity contribution in [2.75, 3.05) is 5.32 Å². The zero-order valence-electron chi connectivity index (χ0n) is 20.6. The van der Waals surface area contributed by atoms with Gasteiger partial charge in [-0.05, 0) is 42.3 Å². The highest BCUT2D eigenvalue weighted by Crippen LogP contribution is 2.34. The molecular weight excluding hydrogens is 481 g/mol. The van der Waals surface area contributed by atoms with Crippen LogP contribution in [-0.4, -0.2) is 36.0 Å². The van der Waals surface area contributed by atoms with Crippen molar-refractivity contribution in [2.45, 2.75) is 26.2 Å². The van der Waals surface area contributed by atoms with Crippen molar-refractivity contribution in [1.29, 1.82) is 0 Å². The number of pyridine rings is 3. The number of aromatic nitrogens is 6. The summed E-state index contributed by atoms with van der Waals surface area (Å²) in [4.78, 5) is 28.8. The predicted molar refractivity (Wildman–Crippen MR) is 146 cm³/mol. The molecule has 5 heterocycles. The van der Waals surface area contributed by atoms with E-state index in [2.05, 4.69) is 42.4 Å². The molecule has 0 fully saturated rings. The predicted octanol–water partition coefficient (Wildman–Crippen LogP) is 6.50. The Morgan fingerprint density at radius 3 is 2.68 bits per heavy atom. The Hall–Kier alpha value is -4.92. The van der Waals surface area contributed by atoms with Crippen LogP contribution in [-0.2, 0) is 4.79 Å². The van der Waals surface area contributed by atoms with Crippen LogP contribution in [0.1, 0.15) is 26.2 Å². The average molecular weight is 506 g/mol. The van der Waals surface area contributed by atoms with E-state index in [1.54, 1.807) is 37.1 Å². The van der Waals surface area contributed by atoms with Crippen molar-refractivity contribution in [1.82, 2.24) is 30.1 Å². The maximum Gasteiger partial charge on any atom is 0.224 e. The SMILES string of the molecule is CCCCC(=O)Nc1cncc(-c2cnc3[nH]nc(-c4cc5c(-c6cccc(F)c6)cncc5[nH]4)c3c2)c1. The molecule has 5 aromatic heterocycles. The highest BCUT2D eigenvalue weighted by Gasteiger charge is 2.16. The summed E-state index contributed by atoms with van der Waals surface area (Å²) < 4.78 is 13.9. The topological polar surface area (TPSA) is 112 Å². The molecule has 0 saturated heterocycles. The number of anilines is 1. The second-order valence-corrected chi connectivity index (χ2v) is 9.15. The molecule has 9 heteroatoms. The molecule has 0 unspecified atom stereocenters. The molecular formula is C29H24FN7O. The lowest BCUT2D eigenvalue weighted by molar-refractivity contribution is -0.116. The van der Waals surface area contributed by atoms with Gasteiger partial charge in [0, 0.05) is 52.5 Å². The summed E-state index contributed by atoms with van der Waals surface area (Å²) in [6.45, 7) is 2.05. The van der Waals surface area contributed by atoms with Crippen LogP contribution in [0, 0.1) is 5.82 Å². The third kappa shape index (κ3) is 4.50. The minimum absolute atomic E-state index is 0.0255. The maximum absolute atomic E-state index is 13.9. The number of nitrogens with one attached hydrogen (secondary N) is 3. The van der Waals surface area contributed by atoms with Gasteiger partial charge in [0.1, 0.15) is 11.5 Å². The van der Waals surface area contributed by atoms with Crippen molar-refractivity contribution in [2.24, 2.45) is 0 Å². The zero-order chi connectivity index (χ0) is 26.1. The third-order valence-electron chi connectivity index (χ3n) is 6.47. The van der Waals surface area contributed by atoms with E-state index in [0.29, 0.717) is 23.4 Å². The fourth-order valence-electron chi connectivity index (χ4n) is 4.56. The number of aromatic amines is 2. The molecule has 188 valence electrons. The number of carbonyl (C=O) groups is 1. The fraction of sp³-hybridized carbons (Fsp3) is 0.138. The first kappa shape index (κ1) is 23.5. The monoisotopic (exact) mass is 505 g/mol. The van der Waals surface area contributed by atoms with Gasteiger partial charge >= 0.3 is 0 Å². The number of halogens is 1. The lowest BCUT2D eigenvalue weighted by Crippen LogP contribution is -2.11. The van der Waals surface area contributed by atoms with Crippen molar-refractivity contribution in [3.8, 4) is 33.6 Å². The summed E-state index contributed by atoms with van der Waals surface area (Å²) in [5, 5.41) is 12.2. The van der Waals surface area contributed by atoms with E-state index >= 15 is 0 Å². The van der Waals surface area contributed by atoms with Crippen molar-refractivity contribution in [3.05, 3.63) is 79.3 Å². The van der Waals surface area contributed by atoms with Gasteiger partial charge in [0.05, 0.1) is 29.3 Å². The van der Waals surface area contributed by atoms with Crippen LogP contribution in [0.2, 0.25) is 0 Å². The summed E-state index contributed by atoms with van der Waals surface area (Å²) >= 11 is 0. The van der Waals surface area contributed by atoms with E-state index in [9.17, 15) is 9.18 Å². The van der Waals surface area contributed by atoms with Gasteiger partial charge in [-0.1, -0.05) is 25.5 Å². The van der Waals surface area contributed by atoms with Crippen LogP contribution < -0.4 is 5.32 Å². The van der Waals surface area contributed by atoms with E-state index in [-0.39, 0.29) is 11.7 Å². The highest BCUT2D eigenvalue weighted by molar-refractivity contribution is 6.00. The molecule has 8 nitrogen and oxygen atoms in total. The second kappa shape index (κ2) is 9.85. The minimum atomic E-state index is -0.300. The molecule has 0 saturated carbocycles. The summed E-state index contributed by atoms with van der Waals surface area (Å²) in [7, 11) is 0. The average Bonchev–Trinajstić information content (AvgIpc) is 3.55. The zero-order valence-corrected chi connectivity index (χ0v) is 20.6. The van der Waals surface area contributed by atoms with Gasteiger partial charge in [0.2, 0.25) is 5.91 Å². The number of unbranched alkanes of at least 4 members (excludes halogenated alkanes) is 1. The Balaban J connectivity index is 1.37. The molecule has 1 amide bonds. The number of H-pyrrole nitrogens is 2. The minimum Gasteiger partial charge on any atom is -0.352 e. The van der Waals surface area contributed by atoms with Crippen LogP contribution in [0.4, 0.5) is 10.1 Å².